The van der Waals surface area contributed by atoms with Crippen LogP contribution in [0.4, 0.5) is 0 Å². The Kier molecular flexibility index (Phi) is 7.31. The summed E-state index contributed by atoms with van der Waals surface area (Å²) in [6.45, 7) is 9.63. The van der Waals surface area contributed by atoms with E-state index in [0.29, 0.717) is 31.7 Å². The third-order valence-corrected chi connectivity index (χ3v) is 8.44. The van der Waals surface area contributed by atoms with Gasteiger partial charge < -0.3 is 14.4 Å². The van der Waals surface area contributed by atoms with Crippen molar-refractivity contribution in [1.29, 1.82) is 0 Å². The van der Waals surface area contributed by atoms with E-state index in [1.54, 1.807) is 23.1 Å². The highest BCUT2D eigenvalue weighted by Crippen LogP contribution is 2.25. The molecule has 0 saturated carbocycles. The molecule has 0 radical (unpaired) electrons. The topological polar surface area (TPSA) is 76.2 Å². The quantitative estimate of drug-likeness (QED) is 0.643. The zero-order valence-electron chi connectivity index (χ0n) is 20.4. The van der Waals surface area contributed by atoms with E-state index in [2.05, 4.69) is 26.0 Å². The highest BCUT2D eigenvalue weighted by atomic mass is 32.2. The van der Waals surface area contributed by atoms with Gasteiger partial charge in [0.15, 0.2) is 0 Å². The number of hydrogen-bond acceptors (Lipinski definition) is 5. The molecule has 2 aliphatic heterocycles. The van der Waals surface area contributed by atoms with Crippen LogP contribution >= 0.6 is 0 Å². The van der Waals surface area contributed by atoms with Crippen molar-refractivity contribution in [2.45, 2.75) is 63.7 Å². The van der Waals surface area contributed by atoms with Crippen molar-refractivity contribution in [3.63, 3.8) is 0 Å². The van der Waals surface area contributed by atoms with E-state index in [1.807, 2.05) is 19.9 Å². The zero-order chi connectivity index (χ0) is 24.5. The van der Waals surface area contributed by atoms with E-state index < -0.39 is 10.0 Å². The Morgan fingerprint density at radius 2 is 1.65 bits per heavy atom. The molecule has 0 spiro atoms. The Hall–Kier alpha value is -2.42. The first kappa shape index (κ1) is 24.7. The van der Waals surface area contributed by atoms with Crippen molar-refractivity contribution < 1.29 is 22.7 Å². The van der Waals surface area contributed by atoms with Gasteiger partial charge in [-0.1, -0.05) is 12.1 Å². The fourth-order valence-electron chi connectivity index (χ4n) is 4.60. The molecule has 2 aromatic carbocycles. The van der Waals surface area contributed by atoms with Crippen LogP contribution in [-0.4, -0.2) is 68.0 Å². The second-order valence-corrected chi connectivity index (χ2v) is 11.4. The van der Waals surface area contributed by atoms with Crippen molar-refractivity contribution in [3.8, 4) is 5.75 Å². The van der Waals surface area contributed by atoms with Gasteiger partial charge in [0.1, 0.15) is 11.9 Å². The molecule has 2 saturated heterocycles. The molecule has 0 bridgehead atoms. The number of carbonyl (C=O) groups is 1. The molecule has 2 aliphatic rings. The fourth-order valence-corrected chi connectivity index (χ4v) is 6.24. The molecule has 2 fully saturated rings. The normalized spacial score (nSPS) is 22.5. The molecule has 2 atom stereocenters. The highest BCUT2D eigenvalue weighted by Gasteiger charge is 2.33. The summed E-state index contributed by atoms with van der Waals surface area (Å²) >= 11 is 0. The van der Waals surface area contributed by atoms with Crippen molar-refractivity contribution in [2.75, 3.05) is 26.2 Å². The van der Waals surface area contributed by atoms with E-state index in [-0.39, 0.29) is 29.1 Å². The zero-order valence-corrected chi connectivity index (χ0v) is 21.2. The maximum absolute atomic E-state index is 13.2. The SMILES string of the molecule is Cc1ccc(OC2CCN(C(=O)c3cccc(S(=O)(=O)N4CC(C)OC(C)C4)c3)CC2)cc1C. The minimum atomic E-state index is -3.70. The molecule has 2 aromatic rings. The van der Waals surface area contributed by atoms with E-state index >= 15 is 0 Å². The Balaban J connectivity index is 1.40. The number of hydrogen-bond donors (Lipinski definition) is 0. The molecular formula is C26H34N2O5S. The largest absolute Gasteiger partial charge is 0.490 e. The molecule has 7 nitrogen and oxygen atoms in total. The Morgan fingerprint density at radius 1 is 0.971 bits per heavy atom. The summed E-state index contributed by atoms with van der Waals surface area (Å²) in [7, 11) is -3.70. The average molecular weight is 487 g/mol. The fraction of sp³-hybridized carbons (Fsp3) is 0.500. The molecule has 0 aromatic heterocycles. The van der Waals surface area contributed by atoms with Gasteiger partial charge in [0.05, 0.1) is 17.1 Å². The Bertz CT molecular complexity index is 1130. The third kappa shape index (κ3) is 5.45. The van der Waals surface area contributed by atoms with Crippen LogP contribution in [0.2, 0.25) is 0 Å². The van der Waals surface area contributed by atoms with Gasteiger partial charge in [0.2, 0.25) is 10.0 Å². The van der Waals surface area contributed by atoms with Crippen LogP contribution in [0.15, 0.2) is 47.4 Å². The summed E-state index contributed by atoms with van der Waals surface area (Å²) < 4.78 is 39.7. The molecule has 0 aliphatic carbocycles. The van der Waals surface area contributed by atoms with Crippen LogP contribution < -0.4 is 4.74 Å². The standard InChI is InChI=1S/C26H34N2O5S/c1-18-8-9-24(14-19(18)2)33-23-10-12-27(13-11-23)26(29)22-6-5-7-25(15-22)34(30,31)28-16-20(3)32-21(4)17-28/h5-9,14-15,20-21,23H,10-13,16-17H2,1-4H3. The number of rotatable bonds is 5. The van der Waals surface area contributed by atoms with E-state index in [0.717, 1.165) is 18.6 Å². The number of benzene rings is 2. The summed E-state index contributed by atoms with van der Waals surface area (Å²) in [4.78, 5) is 15.1. The van der Waals surface area contributed by atoms with Gasteiger partial charge in [0, 0.05) is 44.6 Å². The van der Waals surface area contributed by atoms with Crippen molar-refractivity contribution in [2.24, 2.45) is 0 Å². The highest BCUT2D eigenvalue weighted by molar-refractivity contribution is 7.89. The molecule has 1 amide bonds. The van der Waals surface area contributed by atoms with Crippen LogP contribution in [0.25, 0.3) is 0 Å². The smallest absolute Gasteiger partial charge is 0.253 e. The van der Waals surface area contributed by atoms with Gasteiger partial charge in [-0.15, -0.1) is 0 Å². The number of sulfonamides is 1. The molecule has 2 heterocycles. The molecule has 184 valence electrons. The molecule has 8 heteroatoms. The monoisotopic (exact) mass is 486 g/mol. The van der Waals surface area contributed by atoms with Crippen molar-refractivity contribution >= 4 is 15.9 Å². The number of likely N-dealkylation sites (tertiary alicyclic amines) is 1. The van der Waals surface area contributed by atoms with Crippen LogP contribution in [-0.2, 0) is 14.8 Å². The van der Waals surface area contributed by atoms with Gasteiger partial charge in [-0.05, 0) is 69.2 Å². The molecule has 0 N–H and O–H groups in total. The number of aryl methyl sites for hydroxylation is 2. The number of morpholine rings is 1. The minimum Gasteiger partial charge on any atom is -0.490 e. The van der Waals surface area contributed by atoms with Gasteiger partial charge in [-0.2, -0.15) is 4.31 Å². The van der Waals surface area contributed by atoms with Gasteiger partial charge in [-0.3, -0.25) is 4.79 Å². The lowest BCUT2D eigenvalue weighted by atomic mass is 10.1. The number of carbonyl (C=O) groups excluding carboxylic acids is 1. The number of nitrogens with zero attached hydrogens (tertiary/aromatic N) is 2. The first-order valence-corrected chi connectivity index (χ1v) is 13.4. The van der Waals surface area contributed by atoms with Gasteiger partial charge in [0.25, 0.3) is 5.91 Å². The van der Waals surface area contributed by atoms with E-state index in [1.165, 1.54) is 21.5 Å². The maximum atomic E-state index is 13.2. The van der Waals surface area contributed by atoms with E-state index in [9.17, 15) is 13.2 Å². The second kappa shape index (κ2) is 10.1. The number of piperidine rings is 1. The lowest BCUT2D eigenvalue weighted by molar-refractivity contribution is -0.0440. The van der Waals surface area contributed by atoms with Crippen LogP contribution in [0.3, 0.4) is 0 Å². The van der Waals surface area contributed by atoms with Crippen LogP contribution in [0, 0.1) is 13.8 Å². The maximum Gasteiger partial charge on any atom is 0.253 e. The van der Waals surface area contributed by atoms with Crippen LogP contribution in [0.5, 0.6) is 5.75 Å². The lowest BCUT2D eigenvalue weighted by Crippen LogP contribution is -2.48. The summed E-state index contributed by atoms with van der Waals surface area (Å²) in [6.07, 6.45) is 1.19. The van der Waals surface area contributed by atoms with Gasteiger partial charge >= 0.3 is 0 Å². The third-order valence-electron chi connectivity index (χ3n) is 6.62. The second-order valence-electron chi connectivity index (χ2n) is 9.46. The van der Waals surface area contributed by atoms with Crippen molar-refractivity contribution in [3.05, 3.63) is 59.2 Å². The van der Waals surface area contributed by atoms with Crippen molar-refractivity contribution in [1.82, 2.24) is 9.21 Å². The molecule has 4 rings (SSSR count). The van der Waals surface area contributed by atoms with Gasteiger partial charge in [-0.25, -0.2) is 8.42 Å². The predicted octanol–water partition coefficient (Wildman–Crippen LogP) is 3.78. The molecule has 34 heavy (non-hydrogen) atoms. The van der Waals surface area contributed by atoms with E-state index in [4.69, 9.17) is 9.47 Å². The summed E-state index contributed by atoms with van der Waals surface area (Å²) in [5, 5.41) is 0. The number of ether oxygens (including phenoxy) is 2. The molecular weight excluding hydrogens is 452 g/mol. The van der Waals surface area contributed by atoms with Crippen LogP contribution in [0.1, 0.15) is 48.2 Å². The summed E-state index contributed by atoms with van der Waals surface area (Å²) in [5.41, 5.74) is 2.82. The first-order valence-electron chi connectivity index (χ1n) is 11.9. The summed E-state index contributed by atoms with van der Waals surface area (Å²) in [6, 6.07) is 12.5. The Labute approximate surface area is 202 Å². The lowest BCUT2D eigenvalue weighted by Gasteiger charge is -2.34. The Morgan fingerprint density at radius 3 is 2.29 bits per heavy atom. The minimum absolute atomic E-state index is 0.0585. The predicted molar refractivity (Wildman–Crippen MR) is 131 cm³/mol. The average Bonchev–Trinajstić information content (AvgIpc) is 2.81. The summed E-state index contributed by atoms with van der Waals surface area (Å²) in [5.74, 6) is 0.711. The molecule has 2 unspecified atom stereocenters. The first-order chi connectivity index (χ1) is 16.1. The number of amides is 1.